The third-order valence-electron chi connectivity index (χ3n) is 4.16. The first-order chi connectivity index (χ1) is 11.9. The summed E-state index contributed by atoms with van der Waals surface area (Å²) in [6.07, 6.45) is 20.9. The van der Waals surface area contributed by atoms with Crippen molar-refractivity contribution in [2.45, 2.75) is 86.5 Å². The standard InChI is InChI=1S/C13H22.C12H20/c1-5-9-13(7-3)11-8-10-12(4)6-2;1-5-8-12(6-2)10-7-9-11(3)4/h5,7,10H,1,6,8-9,11H2,2-4H3;5-6,9H,1,7-8,10H2,2-4H3/b12-10?,13-7+;12-6+. The molecule has 0 heteroatoms. The molecule has 142 valence electrons. The third kappa shape index (κ3) is 18.6. The van der Waals surface area contributed by atoms with Gasteiger partial charge in [-0.1, -0.05) is 65.7 Å². The van der Waals surface area contributed by atoms with Gasteiger partial charge in [-0.2, -0.15) is 0 Å². The van der Waals surface area contributed by atoms with Crippen molar-refractivity contribution < 1.29 is 0 Å². The lowest BCUT2D eigenvalue weighted by atomic mass is 10.1. The SMILES string of the molecule is C=CC/C(=C\C)CCC=C(C)C.C=CC/C(=C\C)CCC=C(C)CC. The molecule has 0 nitrogen and oxygen atoms in total. The predicted octanol–water partition coefficient (Wildman–Crippen LogP) is 8.90. The summed E-state index contributed by atoms with van der Waals surface area (Å²) in [5.74, 6) is 0. The molecular weight excluding hydrogens is 300 g/mol. The molecule has 0 bridgehead atoms. The minimum Gasteiger partial charge on any atom is -0.103 e. The third-order valence-corrected chi connectivity index (χ3v) is 4.16. The zero-order valence-electron chi connectivity index (χ0n) is 17.8. The van der Waals surface area contributed by atoms with Crippen molar-refractivity contribution in [2.75, 3.05) is 0 Å². The van der Waals surface area contributed by atoms with Crippen LogP contribution in [0.5, 0.6) is 0 Å². The van der Waals surface area contributed by atoms with E-state index < -0.39 is 0 Å². The predicted molar refractivity (Wildman–Crippen MR) is 119 cm³/mol. The Morgan fingerprint density at radius 3 is 1.52 bits per heavy atom. The van der Waals surface area contributed by atoms with Crippen LogP contribution in [-0.4, -0.2) is 0 Å². The Morgan fingerprint density at radius 2 is 1.20 bits per heavy atom. The summed E-state index contributed by atoms with van der Waals surface area (Å²) in [7, 11) is 0. The van der Waals surface area contributed by atoms with Gasteiger partial charge in [-0.05, 0) is 79.6 Å². The molecule has 0 heterocycles. The molecule has 0 fully saturated rings. The van der Waals surface area contributed by atoms with Crippen molar-refractivity contribution in [2.24, 2.45) is 0 Å². The number of hydrogen-bond acceptors (Lipinski definition) is 0. The van der Waals surface area contributed by atoms with Gasteiger partial charge in [0.2, 0.25) is 0 Å². The molecule has 0 aliphatic rings. The molecule has 25 heavy (non-hydrogen) atoms. The van der Waals surface area contributed by atoms with E-state index in [1.54, 1.807) is 0 Å². The lowest BCUT2D eigenvalue weighted by molar-refractivity contribution is 0.919. The summed E-state index contributed by atoms with van der Waals surface area (Å²) in [6.45, 7) is 20.4. The van der Waals surface area contributed by atoms with Crippen molar-refractivity contribution in [3.05, 3.63) is 71.9 Å². The van der Waals surface area contributed by atoms with E-state index in [0.717, 1.165) is 19.3 Å². The molecule has 0 aromatic carbocycles. The summed E-state index contributed by atoms with van der Waals surface area (Å²) < 4.78 is 0. The summed E-state index contributed by atoms with van der Waals surface area (Å²) >= 11 is 0. The molecule has 0 unspecified atom stereocenters. The van der Waals surface area contributed by atoms with Crippen LogP contribution in [0.15, 0.2) is 71.9 Å². The van der Waals surface area contributed by atoms with Gasteiger partial charge in [-0.3, -0.25) is 0 Å². The average molecular weight is 343 g/mol. The molecule has 0 aliphatic carbocycles. The van der Waals surface area contributed by atoms with Gasteiger partial charge in [0.05, 0.1) is 0 Å². The molecular formula is C25H42. The second-order valence-electron chi connectivity index (χ2n) is 6.64. The fourth-order valence-electron chi connectivity index (χ4n) is 2.29. The molecule has 0 amide bonds. The summed E-state index contributed by atoms with van der Waals surface area (Å²) in [5.41, 5.74) is 5.88. The number of hydrogen-bond donors (Lipinski definition) is 0. The van der Waals surface area contributed by atoms with E-state index in [1.807, 2.05) is 12.2 Å². The van der Waals surface area contributed by atoms with Crippen LogP contribution >= 0.6 is 0 Å². The minimum absolute atomic E-state index is 1.03. The Kier molecular flexibility index (Phi) is 19.3. The molecule has 0 atom stereocenters. The topological polar surface area (TPSA) is 0 Å². The molecule has 0 saturated carbocycles. The monoisotopic (exact) mass is 342 g/mol. The van der Waals surface area contributed by atoms with Crippen LogP contribution in [0.3, 0.4) is 0 Å². The molecule has 0 spiro atoms. The lowest BCUT2D eigenvalue weighted by Crippen LogP contribution is -1.81. The van der Waals surface area contributed by atoms with Crippen LogP contribution in [-0.2, 0) is 0 Å². The minimum atomic E-state index is 1.03. The van der Waals surface area contributed by atoms with Gasteiger partial charge in [0.1, 0.15) is 0 Å². The highest BCUT2D eigenvalue weighted by Gasteiger charge is 1.92. The van der Waals surface area contributed by atoms with Gasteiger partial charge in [-0.25, -0.2) is 0 Å². The zero-order valence-corrected chi connectivity index (χ0v) is 17.8. The Hall–Kier alpha value is -1.56. The van der Waals surface area contributed by atoms with Crippen molar-refractivity contribution in [1.82, 2.24) is 0 Å². The van der Waals surface area contributed by atoms with E-state index in [2.05, 4.69) is 79.0 Å². The van der Waals surface area contributed by atoms with Crippen molar-refractivity contribution in [3.8, 4) is 0 Å². The summed E-state index contributed by atoms with van der Waals surface area (Å²) in [4.78, 5) is 0. The first-order valence-electron chi connectivity index (χ1n) is 9.73. The molecule has 0 N–H and O–H groups in total. The Morgan fingerprint density at radius 1 is 0.760 bits per heavy atom. The second kappa shape index (κ2) is 18.8. The van der Waals surface area contributed by atoms with Gasteiger partial charge in [0.25, 0.3) is 0 Å². The van der Waals surface area contributed by atoms with Gasteiger partial charge >= 0.3 is 0 Å². The molecule has 0 aliphatic heterocycles. The largest absolute Gasteiger partial charge is 0.103 e. The van der Waals surface area contributed by atoms with Crippen molar-refractivity contribution in [1.29, 1.82) is 0 Å². The van der Waals surface area contributed by atoms with Crippen LogP contribution in [0.1, 0.15) is 86.5 Å². The van der Waals surface area contributed by atoms with Gasteiger partial charge in [0, 0.05) is 0 Å². The molecule has 0 radical (unpaired) electrons. The zero-order chi connectivity index (χ0) is 19.5. The first-order valence-corrected chi connectivity index (χ1v) is 9.73. The van der Waals surface area contributed by atoms with Crippen LogP contribution in [0.25, 0.3) is 0 Å². The Bertz CT molecular complexity index is 462. The van der Waals surface area contributed by atoms with E-state index in [4.69, 9.17) is 0 Å². The molecule has 0 saturated heterocycles. The highest BCUT2D eigenvalue weighted by atomic mass is 14.0. The van der Waals surface area contributed by atoms with Gasteiger partial charge in [-0.15, -0.1) is 13.2 Å². The van der Waals surface area contributed by atoms with Crippen molar-refractivity contribution in [3.63, 3.8) is 0 Å². The molecule has 0 rings (SSSR count). The Balaban J connectivity index is 0. The maximum atomic E-state index is 3.75. The van der Waals surface area contributed by atoms with Crippen LogP contribution in [0.2, 0.25) is 0 Å². The first kappa shape index (κ1) is 25.7. The maximum Gasteiger partial charge on any atom is -0.0142 e. The fraction of sp³-hybridized carbons (Fsp3) is 0.520. The van der Waals surface area contributed by atoms with E-state index in [1.165, 1.54) is 48.0 Å². The second-order valence-corrected chi connectivity index (χ2v) is 6.64. The van der Waals surface area contributed by atoms with Gasteiger partial charge < -0.3 is 0 Å². The maximum absolute atomic E-state index is 3.75. The molecule has 0 aromatic rings. The normalized spacial score (nSPS) is 12.2. The molecule has 0 aromatic heterocycles. The van der Waals surface area contributed by atoms with Crippen LogP contribution < -0.4 is 0 Å². The quantitative estimate of drug-likeness (QED) is 0.329. The number of allylic oxidation sites excluding steroid dienone is 10. The summed E-state index contributed by atoms with van der Waals surface area (Å²) in [6, 6.07) is 0. The highest BCUT2D eigenvalue weighted by molar-refractivity contribution is 5.08. The van der Waals surface area contributed by atoms with Crippen LogP contribution in [0, 0.1) is 0 Å². The van der Waals surface area contributed by atoms with E-state index in [-0.39, 0.29) is 0 Å². The smallest absolute Gasteiger partial charge is 0.0142 e. The van der Waals surface area contributed by atoms with Crippen molar-refractivity contribution >= 4 is 0 Å². The lowest BCUT2D eigenvalue weighted by Gasteiger charge is -2.01. The Labute approximate surface area is 158 Å². The fourth-order valence-corrected chi connectivity index (χ4v) is 2.29. The number of rotatable bonds is 11. The highest BCUT2D eigenvalue weighted by Crippen LogP contribution is 2.12. The van der Waals surface area contributed by atoms with Crippen LogP contribution in [0.4, 0.5) is 0 Å². The van der Waals surface area contributed by atoms with E-state index in [9.17, 15) is 0 Å². The van der Waals surface area contributed by atoms with Gasteiger partial charge in [0.15, 0.2) is 0 Å². The average Bonchev–Trinajstić information content (AvgIpc) is 2.60. The summed E-state index contributed by atoms with van der Waals surface area (Å²) in [5, 5.41) is 0. The van der Waals surface area contributed by atoms with E-state index >= 15 is 0 Å². The van der Waals surface area contributed by atoms with E-state index in [0.29, 0.717) is 0 Å².